The first-order valence-electron chi connectivity index (χ1n) is 9.91. The molecule has 2 heterocycles. The number of hydrogen-bond acceptors (Lipinski definition) is 3. The molecular formula is C21H34IN3O2. The van der Waals surface area contributed by atoms with E-state index in [1.807, 2.05) is 12.1 Å². The Morgan fingerprint density at radius 1 is 1.33 bits per heavy atom. The van der Waals surface area contributed by atoms with Crippen molar-refractivity contribution in [3.8, 4) is 5.75 Å². The fraction of sp³-hybridized carbons (Fsp3) is 0.667. The van der Waals surface area contributed by atoms with Crippen LogP contribution in [-0.4, -0.2) is 57.4 Å². The number of likely N-dealkylation sites (tertiary alicyclic amines) is 1. The molecule has 1 N–H and O–H groups in total. The SMILES string of the molecule is CCNC(=NCCC(C)c1ccc(OC)cc1)N1CCC2(CCOC2)C1.I. The summed E-state index contributed by atoms with van der Waals surface area (Å²) in [6.45, 7) is 10.2. The second-order valence-electron chi connectivity index (χ2n) is 7.67. The van der Waals surface area contributed by atoms with Gasteiger partial charge in [-0.2, -0.15) is 0 Å². The van der Waals surface area contributed by atoms with Crippen LogP contribution in [0.25, 0.3) is 0 Å². The molecule has 2 atom stereocenters. The van der Waals surface area contributed by atoms with Crippen LogP contribution in [0, 0.1) is 5.41 Å². The molecule has 2 aliphatic heterocycles. The Kier molecular flexibility index (Phi) is 8.66. The zero-order valence-corrected chi connectivity index (χ0v) is 19.2. The van der Waals surface area contributed by atoms with Gasteiger partial charge < -0.3 is 19.7 Å². The minimum Gasteiger partial charge on any atom is -0.497 e. The van der Waals surface area contributed by atoms with E-state index in [1.54, 1.807) is 7.11 Å². The van der Waals surface area contributed by atoms with Crippen molar-refractivity contribution >= 4 is 29.9 Å². The third-order valence-electron chi connectivity index (χ3n) is 5.77. The fourth-order valence-corrected chi connectivity index (χ4v) is 3.98. The first kappa shape index (κ1) is 22.3. The number of hydrogen-bond donors (Lipinski definition) is 1. The third-order valence-corrected chi connectivity index (χ3v) is 5.77. The van der Waals surface area contributed by atoms with Crippen LogP contribution in [0.2, 0.25) is 0 Å². The van der Waals surface area contributed by atoms with Gasteiger partial charge in [-0.3, -0.25) is 4.99 Å². The standard InChI is InChI=1S/C21H33N3O2.HI/c1-4-22-20(24-13-10-21(15-24)11-14-26-16-21)23-12-9-17(2)18-5-7-19(25-3)8-6-18;/h5-8,17H,4,9-16H2,1-3H3,(H,22,23);1H. The zero-order chi connectivity index (χ0) is 18.4. The molecular weight excluding hydrogens is 453 g/mol. The summed E-state index contributed by atoms with van der Waals surface area (Å²) in [4.78, 5) is 7.34. The molecule has 2 saturated heterocycles. The lowest BCUT2D eigenvalue weighted by Crippen LogP contribution is -2.41. The quantitative estimate of drug-likeness (QED) is 0.376. The molecule has 1 aromatic carbocycles. The maximum Gasteiger partial charge on any atom is 0.193 e. The minimum absolute atomic E-state index is 0. The molecule has 0 amide bonds. The number of nitrogens with one attached hydrogen (secondary N) is 1. The van der Waals surface area contributed by atoms with E-state index in [2.05, 4.69) is 36.2 Å². The maximum absolute atomic E-state index is 5.65. The molecule has 0 aromatic heterocycles. The van der Waals surface area contributed by atoms with Crippen LogP contribution in [0.5, 0.6) is 5.75 Å². The summed E-state index contributed by atoms with van der Waals surface area (Å²) in [5.41, 5.74) is 1.71. The lowest BCUT2D eigenvalue weighted by molar-refractivity contribution is 0.156. The Balaban J connectivity index is 0.00000261. The van der Waals surface area contributed by atoms with Crippen LogP contribution in [0.4, 0.5) is 0 Å². The van der Waals surface area contributed by atoms with Gasteiger partial charge in [-0.1, -0.05) is 19.1 Å². The van der Waals surface area contributed by atoms with Crippen molar-refractivity contribution in [2.24, 2.45) is 10.4 Å². The summed E-state index contributed by atoms with van der Waals surface area (Å²) in [5.74, 6) is 2.46. The van der Waals surface area contributed by atoms with E-state index in [4.69, 9.17) is 14.5 Å². The van der Waals surface area contributed by atoms with E-state index in [1.165, 1.54) is 18.4 Å². The van der Waals surface area contributed by atoms with Gasteiger partial charge in [0.2, 0.25) is 0 Å². The molecule has 6 heteroatoms. The maximum atomic E-state index is 5.65. The molecule has 0 bridgehead atoms. The smallest absolute Gasteiger partial charge is 0.193 e. The van der Waals surface area contributed by atoms with Crippen molar-refractivity contribution in [2.75, 3.05) is 46.5 Å². The van der Waals surface area contributed by atoms with E-state index in [9.17, 15) is 0 Å². The van der Waals surface area contributed by atoms with Gasteiger partial charge in [0.05, 0.1) is 13.7 Å². The molecule has 1 spiro atoms. The number of rotatable bonds is 6. The number of benzene rings is 1. The Hall–Kier alpha value is -1.02. The van der Waals surface area contributed by atoms with E-state index in [-0.39, 0.29) is 24.0 Å². The van der Waals surface area contributed by atoms with Crippen molar-refractivity contribution in [1.29, 1.82) is 0 Å². The number of aliphatic imine (C=N–C) groups is 1. The average Bonchev–Trinajstić information content (AvgIpc) is 3.31. The van der Waals surface area contributed by atoms with Crippen LogP contribution in [0.3, 0.4) is 0 Å². The highest BCUT2D eigenvalue weighted by Gasteiger charge is 2.42. The minimum atomic E-state index is 0. The van der Waals surface area contributed by atoms with Crippen molar-refractivity contribution in [2.45, 2.75) is 39.0 Å². The molecule has 1 aromatic rings. The zero-order valence-electron chi connectivity index (χ0n) is 16.9. The van der Waals surface area contributed by atoms with Gasteiger partial charge in [-0.15, -0.1) is 24.0 Å². The first-order chi connectivity index (χ1) is 12.7. The summed E-state index contributed by atoms with van der Waals surface area (Å²) in [6, 6.07) is 8.38. The Morgan fingerprint density at radius 3 is 2.74 bits per heavy atom. The second kappa shape index (κ2) is 10.5. The number of methoxy groups -OCH3 is 1. The summed E-state index contributed by atoms with van der Waals surface area (Å²) < 4.78 is 10.9. The molecule has 3 rings (SSSR count). The molecule has 27 heavy (non-hydrogen) atoms. The third kappa shape index (κ3) is 5.73. The van der Waals surface area contributed by atoms with Gasteiger partial charge in [0.1, 0.15) is 5.75 Å². The number of guanidine groups is 1. The highest BCUT2D eigenvalue weighted by Crippen LogP contribution is 2.38. The fourth-order valence-electron chi connectivity index (χ4n) is 3.98. The molecule has 2 fully saturated rings. The van der Waals surface area contributed by atoms with Crippen molar-refractivity contribution < 1.29 is 9.47 Å². The van der Waals surface area contributed by atoms with Gasteiger partial charge in [-0.05, 0) is 49.8 Å². The number of ether oxygens (including phenoxy) is 2. The topological polar surface area (TPSA) is 46.1 Å². The molecule has 0 saturated carbocycles. The summed E-state index contributed by atoms with van der Waals surface area (Å²) in [5, 5.41) is 3.48. The van der Waals surface area contributed by atoms with Crippen molar-refractivity contribution in [1.82, 2.24) is 10.2 Å². The van der Waals surface area contributed by atoms with Gasteiger partial charge >= 0.3 is 0 Å². The number of nitrogens with zero attached hydrogens (tertiary/aromatic N) is 2. The highest BCUT2D eigenvalue weighted by molar-refractivity contribution is 14.0. The van der Waals surface area contributed by atoms with E-state index < -0.39 is 0 Å². The van der Waals surface area contributed by atoms with Crippen molar-refractivity contribution in [3.05, 3.63) is 29.8 Å². The van der Waals surface area contributed by atoms with Crippen LogP contribution in [-0.2, 0) is 4.74 Å². The molecule has 152 valence electrons. The van der Waals surface area contributed by atoms with E-state index >= 15 is 0 Å². The van der Waals surface area contributed by atoms with Crippen LogP contribution in [0.1, 0.15) is 44.6 Å². The normalized spacial score (nSPS) is 23.4. The molecule has 0 radical (unpaired) electrons. The predicted molar refractivity (Wildman–Crippen MR) is 121 cm³/mol. The van der Waals surface area contributed by atoms with Crippen LogP contribution in [0.15, 0.2) is 29.3 Å². The van der Waals surface area contributed by atoms with Crippen LogP contribution < -0.4 is 10.1 Å². The molecule has 2 aliphatic rings. The van der Waals surface area contributed by atoms with E-state index in [0.717, 1.165) is 57.5 Å². The highest BCUT2D eigenvalue weighted by atomic mass is 127. The largest absolute Gasteiger partial charge is 0.497 e. The van der Waals surface area contributed by atoms with Crippen molar-refractivity contribution in [3.63, 3.8) is 0 Å². The average molecular weight is 487 g/mol. The lowest BCUT2D eigenvalue weighted by atomic mass is 9.87. The van der Waals surface area contributed by atoms with Gasteiger partial charge in [-0.25, -0.2) is 0 Å². The summed E-state index contributed by atoms with van der Waals surface area (Å²) >= 11 is 0. The van der Waals surface area contributed by atoms with Crippen LogP contribution >= 0.6 is 24.0 Å². The molecule has 0 aliphatic carbocycles. The Morgan fingerprint density at radius 2 is 2.11 bits per heavy atom. The predicted octanol–water partition coefficient (Wildman–Crippen LogP) is 3.88. The summed E-state index contributed by atoms with van der Waals surface area (Å²) in [7, 11) is 1.70. The molecule has 2 unspecified atom stereocenters. The second-order valence-corrected chi connectivity index (χ2v) is 7.67. The van der Waals surface area contributed by atoms with Gasteiger partial charge in [0, 0.05) is 38.2 Å². The monoisotopic (exact) mass is 487 g/mol. The summed E-state index contributed by atoms with van der Waals surface area (Å²) in [6.07, 6.45) is 3.46. The first-order valence-corrected chi connectivity index (χ1v) is 9.91. The lowest BCUT2D eigenvalue weighted by Gasteiger charge is -2.25. The van der Waals surface area contributed by atoms with Gasteiger partial charge in [0.25, 0.3) is 0 Å². The molecule has 5 nitrogen and oxygen atoms in total. The van der Waals surface area contributed by atoms with E-state index in [0.29, 0.717) is 11.3 Å². The number of halogens is 1. The van der Waals surface area contributed by atoms with Gasteiger partial charge in [0.15, 0.2) is 5.96 Å². The Labute approximate surface area is 180 Å². The Bertz CT molecular complexity index is 600.